The fraction of sp³-hybridized carbons (Fsp3) is 0.455. The molecule has 0 heterocycles. The third-order valence-corrected chi connectivity index (χ3v) is 2.56. The summed E-state index contributed by atoms with van der Waals surface area (Å²) in [4.78, 5) is 0. The van der Waals surface area contributed by atoms with Crippen LogP contribution in [0.4, 0.5) is 13.2 Å². The summed E-state index contributed by atoms with van der Waals surface area (Å²) in [6, 6.07) is 2.11. The van der Waals surface area contributed by atoms with Gasteiger partial charge in [-0.2, -0.15) is 13.2 Å². The van der Waals surface area contributed by atoms with Crippen LogP contribution in [0.3, 0.4) is 0 Å². The summed E-state index contributed by atoms with van der Waals surface area (Å²) in [5.41, 5.74) is 4.76. The van der Waals surface area contributed by atoms with E-state index >= 15 is 0 Å². The number of hydrogen-bond acceptors (Lipinski definition) is 3. The van der Waals surface area contributed by atoms with Gasteiger partial charge in [-0.1, -0.05) is 13.0 Å². The van der Waals surface area contributed by atoms with Gasteiger partial charge in [-0.25, -0.2) is 0 Å². The monoisotopic (exact) mass is 249 g/mol. The van der Waals surface area contributed by atoms with Crippen LogP contribution in [0, 0.1) is 0 Å². The third-order valence-electron chi connectivity index (χ3n) is 2.56. The van der Waals surface area contributed by atoms with Crippen LogP contribution in [-0.2, 0) is 6.18 Å². The van der Waals surface area contributed by atoms with Crippen molar-refractivity contribution in [3.63, 3.8) is 0 Å². The highest BCUT2D eigenvalue weighted by Gasteiger charge is 2.36. The van der Waals surface area contributed by atoms with Crippen molar-refractivity contribution in [2.75, 3.05) is 13.7 Å². The summed E-state index contributed by atoms with van der Waals surface area (Å²) in [7, 11) is 1.08. The Bertz CT molecular complexity index is 404. The van der Waals surface area contributed by atoms with E-state index in [2.05, 4.69) is 4.74 Å². The third kappa shape index (κ3) is 2.63. The maximum Gasteiger partial charge on any atom is 0.420 e. The van der Waals surface area contributed by atoms with Crippen molar-refractivity contribution in [1.29, 1.82) is 0 Å². The highest BCUT2D eigenvalue weighted by atomic mass is 19.4. The van der Waals surface area contributed by atoms with Crippen molar-refractivity contribution in [2.24, 2.45) is 5.73 Å². The molecule has 1 aromatic carbocycles. The van der Waals surface area contributed by atoms with E-state index in [1.807, 2.05) is 0 Å². The highest BCUT2D eigenvalue weighted by molar-refractivity contribution is 5.53. The number of benzene rings is 1. The zero-order valence-electron chi connectivity index (χ0n) is 9.51. The molecule has 1 aromatic rings. The number of rotatable bonds is 3. The lowest BCUT2D eigenvalue weighted by Crippen LogP contribution is -2.12. The molecule has 0 bridgehead atoms. The second kappa shape index (κ2) is 4.83. The van der Waals surface area contributed by atoms with E-state index < -0.39 is 23.2 Å². The molecular formula is C11H14F3NO2. The van der Waals surface area contributed by atoms with Crippen LogP contribution in [0.15, 0.2) is 12.1 Å². The van der Waals surface area contributed by atoms with E-state index in [-0.39, 0.29) is 12.5 Å². The fourth-order valence-corrected chi connectivity index (χ4v) is 1.54. The Kier molecular flexibility index (Phi) is 3.87. The average Bonchev–Trinajstić information content (AvgIpc) is 2.26. The number of aromatic hydroxyl groups is 1. The molecule has 1 rings (SSSR count). The van der Waals surface area contributed by atoms with Gasteiger partial charge in [0.25, 0.3) is 0 Å². The van der Waals surface area contributed by atoms with Crippen LogP contribution in [0.5, 0.6) is 11.5 Å². The molecule has 1 atom stereocenters. The highest BCUT2D eigenvalue weighted by Crippen LogP contribution is 2.44. The largest absolute Gasteiger partial charge is 0.504 e. The molecule has 0 radical (unpaired) electrons. The van der Waals surface area contributed by atoms with Gasteiger partial charge in [0.15, 0.2) is 11.5 Å². The van der Waals surface area contributed by atoms with E-state index in [1.54, 1.807) is 6.92 Å². The number of phenols is 1. The predicted octanol–water partition coefficient (Wildman–Crippen LogP) is 2.48. The summed E-state index contributed by atoms with van der Waals surface area (Å²) >= 11 is 0. The Morgan fingerprint density at radius 2 is 2.00 bits per heavy atom. The standard InChI is InChI=1S/C11H14F3NO2/c1-6(5-15)7-3-4-8(11(12,13)14)10(17-2)9(7)16/h3-4,6,16H,5,15H2,1-2H3. The Morgan fingerprint density at radius 1 is 1.41 bits per heavy atom. The van der Waals surface area contributed by atoms with E-state index in [4.69, 9.17) is 5.73 Å². The van der Waals surface area contributed by atoms with Crippen LogP contribution in [-0.4, -0.2) is 18.8 Å². The van der Waals surface area contributed by atoms with E-state index in [0.717, 1.165) is 13.2 Å². The van der Waals surface area contributed by atoms with E-state index in [1.165, 1.54) is 6.07 Å². The Hall–Kier alpha value is -1.43. The number of ether oxygens (including phenoxy) is 1. The van der Waals surface area contributed by atoms with Crippen LogP contribution in [0.1, 0.15) is 24.0 Å². The molecule has 0 aromatic heterocycles. The minimum Gasteiger partial charge on any atom is -0.504 e. The molecule has 0 spiro atoms. The zero-order chi connectivity index (χ0) is 13.2. The maximum atomic E-state index is 12.6. The second-order valence-corrected chi connectivity index (χ2v) is 3.72. The molecule has 3 N–H and O–H groups in total. The van der Waals surface area contributed by atoms with Gasteiger partial charge in [0.05, 0.1) is 7.11 Å². The normalized spacial score (nSPS) is 13.5. The van der Waals surface area contributed by atoms with Gasteiger partial charge >= 0.3 is 6.18 Å². The van der Waals surface area contributed by atoms with E-state index in [9.17, 15) is 18.3 Å². The van der Waals surface area contributed by atoms with Crippen LogP contribution < -0.4 is 10.5 Å². The number of phenolic OH excluding ortho intramolecular Hbond substituents is 1. The minimum absolute atomic E-state index is 0.224. The van der Waals surface area contributed by atoms with Crippen LogP contribution in [0.25, 0.3) is 0 Å². The van der Waals surface area contributed by atoms with Gasteiger partial charge in [0.2, 0.25) is 0 Å². The molecule has 0 saturated heterocycles. The lowest BCUT2D eigenvalue weighted by Gasteiger charge is -2.18. The average molecular weight is 249 g/mol. The van der Waals surface area contributed by atoms with Gasteiger partial charge in [0.1, 0.15) is 5.56 Å². The number of nitrogens with two attached hydrogens (primary N) is 1. The minimum atomic E-state index is -4.56. The number of methoxy groups -OCH3 is 1. The SMILES string of the molecule is COc1c(C(F)(F)F)ccc(C(C)CN)c1O. The Labute approximate surface area is 97.0 Å². The molecule has 0 amide bonds. The summed E-state index contributed by atoms with van der Waals surface area (Å²) in [6.45, 7) is 1.93. The molecule has 6 heteroatoms. The summed E-state index contributed by atoms with van der Waals surface area (Å²) < 4.78 is 42.5. The second-order valence-electron chi connectivity index (χ2n) is 3.72. The summed E-state index contributed by atoms with van der Waals surface area (Å²) in [6.07, 6.45) is -4.56. The first-order chi connectivity index (χ1) is 7.82. The Morgan fingerprint density at radius 3 is 2.41 bits per heavy atom. The fourth-order valence-electron chi connectivity index (χ4n) is 1.54. The molecule has 17 heavy (non-hydrogen) atoms. The van der Waals surface area contributed by atoms with Crippen molar-refractivity contribution in [2.45, 2.75) is 19.0 Å². The van der Waals surface area contributed by atoms with Crippen LogP contribution >= 0.6 is 0 Å². The first-order valence-corrected chi connectivity index (χ1v) is 5.00. The quantitative estimate of drug-likeness (QED) is 0.865. The topological polar surface area (TPSA) is 55.5 Å². The molecule has 0 aliphatic rings. The lowest BCUT2D eigenvalue weighted by atomic mass is 9.97. The lowest BCUT2D eigenvalue weighted by molar-refractivity contribution is -0.138. The number of hydrogen-bond donors (Lipinski definition) is 2. The summed E-state index contributed by atoms with van der Waals surface area (Å²) in [5, 5.41) is 9.75. The molecule has 0 aliphatic heterocycles. The number of alkyl halides is 3. The first kappa shape index (κ1) is 13.6. The first-order valence-electron chi connectivity index (χ1n) is 5.00. The molecule has 0 aliphatic carbocycles. The van der Waals surface area contributed by atoms with Crippen molar-refractivity contribution in [3.05, 3.63) is 23.3 Å². The van der Waals surface area contributed by atoms with Gasteiger partial charge in [-0.15, -0.1) is 0 Å². The molecule has 1 unspecified atom stereocenters. The van der Waals surface area contributed by atoms with Gasteiger partial charge in [-0.3, -0.25) is 0 Å². The number of halogens is 3. The summed E-state index contributed by atoms with van der Waals surface area (Å²) in [5.74, 6) is -1.30. The van der Waals surface area contributed by atoms with E-state index in [0.29, 0.717) is 5.56 Å². The maximum absolute atomic E-state index is 12.6. The van der Waals surface area contributed by atoms with Crippen molar-refractivity contribution in [3.8, 4) is 11.5 Å². The molecular weight excluding hydrogens is 235 g/mol. The van der Waals surface area contributed by atoms with Gasteiger partial charge < -0.3 is 15.6 Å². The molecule has 96 valence electrons. The zero-order valence-corrected chi connectivity index (χ0v) is 9.51. The smallest absolute Gasteiger partial charge is 0.420 e. The van der Waals surface area contributed by atoms with Crippen LogP contribution in [0.2, 0.25) is 0 Å². The Balaban J connectivity index is 3.37. The molecule has 0 saturated carbocycles. The van der Waals surface area contributed by atoms with Gasteiger partial charge in [-0.05, 0) is 18.5 Å². The van der Waals surface area contributed by atoms with Crippen molar-refractivity contribution < 1.29 is 23.0 Å². The van der Waals surface area contributed by atoms with Crippen molar-refractivity contribution in [1.82, 2.24) is 0 Å². The van der Waals surface area contributed by atoms with Crippen molar-refractivity contribution >= 4 is 0 Å². The molecule has 0 fully saturated rings. The predicted molar refractivity (Wildman–Crippen MR) is 57.1 cm³/mol. The molecule has 3 nitrogen and oxygen atoms in total. The van der Waals surface area contributed by atoms with Gasteiger partial charge in [0, 0.05) is 5.56 Å².